The van der Waals surface area contributed by atoms with Crippen molar-refractivity contribution < 1.29 is 32.9 Å². The summed E-state index contributed by atoms with van der Waals surface area (Å²) in [5.41, 5.74) is 0. The summed E-state index contributed by atoms with van der Waals surface area (Å²) in [5.74, 6) is -0.139. The molecular formula is C66H130N2O6P+. The third kappa shape index (κ3) is 60.2. The third-order valence-corrected chi connectivity index (χ3v) is 16.1. The van der Waals surface area contributed by atoms with E-state index >= 15 is 0 Å². The molecule has 0 rings (SSSR count). The summed E-state index contributed by atoms with van der Waals surface area (Å²) in [5, 5.41) is 14.1. The van der Waals surface area contributed by atoms with Crippen molar-refractivity contribution in [3.05, 3.63) is 36.5 Å². The summed E-state index contributed by atoms with van der Waals surface area (Å²) in [7, 11) is 1.63. The molecule has 0 bridgehead atoms. The van der Waals surface area contributed by atoms with E-state index in [1.54, 1.807) is 0 Å². The zero-order chi connectivity index (χ0) is 54.9. The molecular weight excluding hydrogens is 948 g/mol. The Morgan fingerprint density at radius 1 is 0.453 bits per heavy atom. The number of aliphatic hydroxyl groups excluding tert-OH is 1. The number of nitrogens with one attached hydrogen (secondary N) is 1. The summed E-state index contributed by atoms with van der Waals surface area (Å²) in [6, 6.07) is -0.761. The van der Waals surface area contributed by atoms with Crippen molar-refractivity contribution in [1.82, 2.24) is 5.32 Å². The first-order valence-electron chi connectivity index (χ1n) is 32.9. The van der Waals surface area contributed by atoms with Crippen LogP contribution in [0.3, 0.4) is 0 Å². The Balaban J connectivity index is 4.05. The number of aliphatic hydroxyl groups is 1. The van der Waals surface area contributed by atoms with Crippen LogP contribution in [-0.4, -0.2) is 73.4 Å². The van der Waals surface area contributed by atoms with Gasteiger partial charge in [0.2, 0.25) is 5.91 Å². The average Bonchev–Trinajstić information content (AvgIpc) is 3.37. The van der Waals surface area contributed by atoms with E-state index in [-0.39, 0.29) is 19.1 Å². The van der Waals surface area contributed by atoms with Crippen LogP contribution in [0, 0.1) is 0 Å². The SMILES string of the molecule is CCCCCCC/C=C\C/C=C\C/C=C\CCCCCCCCCCCCCCCCCCC(=O)NC(COP(=O)(O)OCC[N+](C)(C)C)C(O)CCCCCCCCCCCCCCCCCCCCCCCC. The molecule has 0 heterocycles. The first kappa shape index (κ1) is 73.7. The number of quaternary nitrogens is 1. The summed E-state index contributed by atoms with van der Waals surface area (Å²) < 4.78 is 23.9. The number of amides is 1. The highest BCUT2D eigenvalue weighted by Crippen LogP contribution is 2.43. The van der Waals surface area contributed by atoms with Crippen LogP contribution in [0.15, 0.2) is 36.5 Å². The van der Waals surface area contributed by atoms with Crippen LogP contribution in [-0.2, 0) is 18.4 Å². The van der Waals surface area contributed by atoms with Crippen molar-refractivity contribution in [2.45, 2.75) is 341 Å². The van der Waals surface area contributed by atoms with E-state index in [4.69, 9.17) is 9.05 Å². The minimum Gasteiger partial charge on any atom is -0.391 e. The molecule has 8 nitrogen and oxygen atoms in total. The van der Waals surface area contributed by atoms with Crippen LogP contribution >= 0.6 is 7.82 Å². The number of rotatable bonds is 61. The zero-order valence-electron chi connectivity index (χ0n) is 50.8. The topological polar surface area (TPSA) is 105 Å². The second-order valence-electron chi connectivity index (χ2n) is 23.9. The number of phosphoric ester groups is 1. The molecule has 1 amide bonds. The molecule has 444 valence electrons. The average molecular weight is 1080 g/mol. The summed E-state index contributed by atoms with van der Waals surface area (Å²) >= 11 is 0. The van der Waals surface area contributed by atoms with Crippen LogP contribution < -0.4 is 5.32 Å². The fraction of sp³-hybridized carbons (Fsp3) is 0.894. The zero-order valence-corrected chi connectivity index (χ0v) is 51.7. The number of nitrogens with zero attached hydrogens (tertiary/aromatic N) is 1. The Morgan fingerprint density at radius 2 is 0.760 bits per heavy atom. The first-order valence-corrected chi connectivity index (χ1v) is 34.3. The van der Waals surface area contributed by atoms with E-state index < -0.39 is 20.0 Å². The molecule has 9 heteroatoms. The Kier molecular flexibility index (Phi) is 56.4. The lowest BCUT2D eigenvalue weighted by molar-refractivity contribution is -0.870. The minimum atomic E-state index is -4.33. The number of phosphoric acid groups is 1. The van der Waals surface area contributed by atoms with Crippen molar-refractivity contribution in [3.8, 4) is 0 Å². The van der Waals surface area contributed by atoms with E-state index in [1.807, 2.05) is 21.1 Å². The van der Waals surface area contributed by atoms with E-state index in [1.165, 1.54) is 250 Å². The van der Waals surface area contributed by atoms with Crippen molar-refractivity contribution in [2.24, 2.45) is 0 Å². The molecule has 0 aromatic heterocycles. The Labute approximate surface area is 467 Å². The van der Waals surface area contributed by atoms with Crippen LogP contribution in [0.1, 0.15) is 328 Å². The molecule has 0 spiro atoms. The lowest BCUT2D eigenvalue weighted by Gasteiger charge is -2.26. The van der Waals surface area contributed by atoms with Gasteiger partial charge in [-0.1, -0.05) is 307 Å². The van der Waals surface area contributed by atoms with Gasteiger partial charge in [0, 0.05) is 6.42 Å². The molecule has 0 radical (unpaired) electrons. The standard InChI is InChI=1S/C66H129N2O6P/c1-6-8-10-12-14-16-18-20-22-24-26-28-30-31-32-33-34-35-36-37-38-40-42-44-46-48-50-52-54-56-58-60-66(70)67-64(63-74-75(71,72)73-62-61-68(3,4)5)65(69)59-57-55-53-51-49-47-45-43-41-39-29-27-25-23-21-19-17-15-13-11-9-7-2/h18,20,24,26,30-31,64-65,69H,6-17,19,21-23,25,27-29,32-63H2,1-5H3,(H-,67,70,71,72)/p+1/b20-18-,26-24-,31-30-. The number of carbonyl (C=O) groups excluding carboxylic acids is 1. The van der Waals surface area contributed by atoms with Crippen molar-refractivity contribution in [1.29, 1.82) is 0 Å². The van der Waals surface area contributed by atoms with E-state index in [9.17, 15) is 19.4 Å². The largest absolute Gasteiger partial charge is 0.472 e. The molecule has 0 aromatic carbocycles. The molecule has 0 saturated carbocycles. The van der Waals surface area contributed by atoms with Gasteiger partial charge in [0.1, 0.15) is 13.2 Å². The summed E-state index contributed by atoms with van der Waals surface area (Å²) in [6.07, 6.45) is 75.1. The van der Waals surface area contributed by atoms with Gasteiger partial charge in [-0.15, -0.1) is 0 Å². The number of hydrogen-bond acceptors (Lipinski definition) is 5. The van der Waals surface area contributed by atoms with Crippen molar-refractivity contribution >= 4 is 13.7 Å². The van der Waals surface area contributed by atoms with Gasteiger partial charge < -0.3 is 19.8 Å². The summed E-state index contributed by atoms with van der Waals surface area (Å²) in [4.78, 5) is 23.4. The lowest BCUT2D eigenvalue weighted by Crippen LogP contribution is -2.46. The number of hydrogen-bond donors (Lipinski definition) is 3. The van der Waals surface area contributed by atoms with E-state index in [0.29, 0.717) is 23.9 Å². The minimum absolute atomic E-state index is 0.0761. The van der Waals surface area contributed by atoms with Gasteiger partial charge in [-0.25, -0.2) is 4.57 Å². The van der Waals surface area contributed by atoms with Crippen molar-refractivity contribution in [3.63, 3.8) is 0 Å². The molecule has 0 aliphatic carbocycles. The van der Waals surface area contributed by atoms with Gasteiger partial charge in [-0.2, -0.15) is 0 Å². The van der Waals surface area contributed by atoms with Gasteiger partial charge in [-0.3, -0.25) is 13.8 Å². The van der Waals surface area contributed by atoms with Gasteiger partial charge in [0.25, 0.3) is 0 Å². The predicted molar refractivity (Wildman–Crippen MR) is 328 cm³/mol. The quantitative estimate of drug-likeness (QED) is 0.0243. The Bertz CT molecular complexity index is 1320. The predicted octanol–water partition coefficient (Wildman–Crippen LogP) is 20.5. The summed E-state index contributed by atoms with van der Waals surface area (Å²) in [6.45, 7) is 4.92. The first-order chi connectivity index (χ1) is 36.5. The maximum absolute atomic E-state index is 13.1. The number of unbranched alkanes of at least 4 members (excludes halogenated alkanes) is 42. The maximum Gasteiger partial charge on any atom is 0.472 e. The highest BCUT2D eigenvalue weighted by atomic mass is 31.2. The fourth-order valence-corrected chi connectivity index (χ4v) is 10.7. The highest BCUT2D eigenvalue weighted by Gasteiger charge is 2.28. The van der Waals surface area contributed by atoms with Gasteiger partial charge in [-0.05, 0) is 51.4 Å². The van der Waals surface area contributed by atoms with Crippen LogP contribution in [0.2, 0.25) is 0 Å². The van der Waals surface area contributed by atoms with Crippen LogP contribution in [0.25, 0.3) is 0 Å². The van der Waals surface area contributed by atoms with Gasteiger partial charge in [0.05, 0.1) is 39.9 Å². The number of likely N-dealkylation sites (N-methyl/N-ethyl adjacent to an activating group) is 1. The lowest BCUT2D eigenvalue weighted by atomic mass is 10.0. The van der Waals surface area contributed by atoms with Crippen LogP contribution in [0.5, 0.6) is 0 Å². The highest BCUT2D eigenvalue weighted by molar-refractivity contribution is 7.47. The molecule has 0 aromatic rings. The van der Waals surface area contributed by atoms with E-state index in [0.717, 1.165) is 51.4 Å². The number of allylic oxidation sites excluding steroid dienone is 6. The fourth-order valence-electron chi connectivity index (χ4n) is 10.00. The maximum atomic E-state index is 13.1. The molecule has 0 saturated heterocycles. The van der Waals surface area contributed by atoms with Gasteiger partial charge >= 0.3 is 7.82 Å². The molecule has 0 aliphatic heterocycles. The van der Waals surface area contributed by atoms with E-state index in [2.05, 4.69) is 55.6 Å². The Morgan fingerprint density at radius 3 is 1.11 bits per heavy atom. The smallest absolute Gasteiger partial charge is 0.391 e. The molecule has 75 heavy (non-hydrogen) atoms. The number of carbonyl (C=O) groups is 1. The second-order valence-corrected chi connectivity index (χ2v) is 25.3. The van der Waals surface area contributed by atoms with Crippen LogP contribution in [0.4, 0.5) is 0 Å². The normalized spacial score (nSPS) is 14.0. The molecule has 3 unspecified atom stereocenters. The monoisotopic (exact) mass is 1080 g/mol. The Hall–Kier alpha value is -1.28. The molecule has 0 fully saturated rings. The molecule has 0 aliphatic rings. The van der Waals surface area contributed by atoms with Gasteiger partial charge in [0.15, 0.2) is 0 Å². The van der Waals surface area contributed by atoms with Crippen molar-refractivity contribution in [2.75, 3.05) is 40.9 Å². The second kappa shape index (κ2) is 57.4. The third-order valence-electron chi connectivity index (χ3n) is 15.1. The molecule has 3 N–H and O–H groups in total. The molecule has 3 atom stereocenters.